The Hall–Kier alpha value is -3.54. The van der Waals surface area contributed by atoms with Gasteiger partial charge >= 0.3 is 0 Å². The Balaban J connectivity index is 1.96. The number of phenolic OH excluding ortho intramolecular Hbond substituents is 4. The normalized spacial score (nSPS) is 11.2. The summed E-state index contributed by atoms with van der Waals surface area (Å²) < 4.78 is 0. The fourth-order valence-electron chi connectivity index (χ4n) is 1.99. The maximum atomic E-state index is 11.8. The molecule has 128 valence electrons. The zero-order valence-corrected chi connectivity index (χ0v) is 13.1. The second-order valence-electron chi connectivity index (χ2n) is 5.24. The van der Waals surface area contributed by atoms with Crippen LogP contribution in [0.1, 0.15) is 17.5 Å². The summed E-state index contributed by atoms with van der Waals surface area (Å²) >= 11 is 0. The zero-order valence-electron chi connectivity index (χ0n) is 13.1. The minimum atomic E-state index is -0.467. The molecule has 4 N–H and O–H groups in total. The molecule has 0 heterocycles. The van der Waals surface area contributed by atoms with Crippen LogP contribution < -0.4 is 0 Å². The van der Waals surface area contributed by atoms with Gasteiger partial charge in [-0.3, -0.25) is 9.59 Å². The van der Waals surface area contributed by atoms with Gasteiger partial charge in [-0.25, -0.2) is 0 Å². The van der Waals surface area contributed by atoms with Gasteiger partial charge in [0.05, 0.1) is 6.42 Å². The maximum absolute atomic E-state index is 11.8. The van der Waals surface area contributed by atoms with E-state index in [2.05, 4.69) is 0 Å². The summed E-state index contributed by atoms with van der Waals surface area (Å²) in [5.74, 6) is -2.12. The summed E-state index contributed by atoms with van der Waals surface area (Å²) in [6.45, 7) is 0. The van der Waals surface area contributed by atoms with Gasteiger partial charge < -0.3 is 20.4 Å². The van der Waals surface area contributed by atoms with Gasteiger partial charge in [-0.15, -0.1) is 0 Å². The molecule has 2 aromatic carbocycles. The molecular weight excluding hydrogens is 324 g/mol. The molecule has 2 rings (SSSR count). The average Bonchev–Trinajstić information content (AvgIpc) is 2.57. The Morgan fingerprint density at radius 2 is 1.48 bits per heavy atom. The van der Waals surface area contributed by atoms with Crippen molar-refractivity contribution in [1.29, 1.82) is 0 Å². The van der Waals surface area contributed by atoms with Gasteiger partial charge in [0, 0.05) is 5.56 Å². The summed E-state index contributed by atoms with van der Waals surface area (Å²) in [4.78, 5) is 23.5. The van der Waals surface area contributed by atoms with Crippen molar-refractivity contribution in [3.05, 3.63) is 59.7 Å². The van der Waals surface area contributed by atoms with E-state index in [-0.39, 0.29) is 35.0 Å². The Kier molecular flexibility index (Phi) is 5.58. The Labute approximate surface area is 143 Å². The SMILES string of the molecule is O=C(/C=C/c1ccc(O)c(O)c1)CC(=O)/C=C/c1cccc(O)c1O. The van der Waals surface area contributed by atoms with Crippen molar-refractivity contribution in [1.82, 2.24) is 0 Å². The van der Waals surface area contributed by atoms with Crippen molar-refractivity contribution in [3.63, 3.8) is 0 Å². The first-order valence-corrected chi connectivity index (χ1v) is 7.31. The molecule has 0 aliphatic carbocycles. The van der Waals surface area contributed by atoms with Crippen molar-refractivity contribution in [2.45, 2.75) is 6.42 Å². The monoisotopic (exact) mass is 340 g/mol. The van der Waals surface area contributed by atoms with E-state index in [0.717, 1.165) is 6.08 Å². The predicted molar refractivity (Wildman–Crippen MR) is 92.2 cm³/mol. The number of para-hydroxylation sites is 1. The molecule has 0 atom stereocenters. The Morgan fingerprint density at radius 3 is 2.16 bits per heavy atom. The van der Waals surface area contributed by atoms with Crippen LogP contribution in [0.3, 0.4) is 0 Å². The van der Waals surface area contributed by atoms with E-state index in [9.17, 15) is 30.0 Å². The van der Waals surface area contributed by atoms with Crippen LogP contribution in [0.4, 0.5) is 0 Å². The lowest BCUT2D eigenvalue weighted by Crippen LogP contribution is -2.01. The summed E-state index contributed by atoms with van der Waals surface area (Å²) in [7, 11) is 0. The number of rotatable bonds is 6. The molecule has 0 aromatic heterocycles. The topological polar surface area (TPSA) is 115 Å². The van der Waals surface area contributed by atoms with Crippen LogP contribution in [0.5, 0.6) is 23.0 Å². The molecule has 0 amide bonds. The second-order valence-corrected chi connectivity index (χ2v) is 5.24. The summed E-state index contributed by atoms with van der Waals surface area (Å²) in [6, 6.07) is 8.41. The van der Waals surface area contributed by atoms with Gasteiger partial charge in [-0.2, -0.15) is 0 Å². The molecule has 0 fully saturated rings. The fraction of sp³-hybridized carbons (Fsp3) is 0.0526. The first-order valence-electron chi connectivity index (χ1n) is 7.31. The highest BCUT2D eigenvalue weighted by Gasteiger charge is 2.06. The summed E-state index contributed by atoms with van der Waals surface area (Å²) in [5.41, 5.74) is 0.757. The van der Waals surface area contributed by atoms with E-state index < -0.39 is 11.6 Å². The van der Waals surface area contributed by atoms with E-state index in [1.165, 1.54) is 54.6 Å². The summed E-state index contributed by atoms with van der Waals surface area (Å²) in [5, 5.41) is 37.5. The van der Waals surface area contributed by atoms with Crippen LogP contribution in [0, 0.1) is 0 Å². The first kappa shape index (κ1) is 17.8. The summed E-state index contributed by atoms with van der Waals surface area (Å²) in [6.07, 6.45) is 4.71. The largest absolute Gasteiger partial charge is 0.504 e. The first-order chi connectivity index (χ1) is 11.9. The second kappa shape index (κ2) is 7.83. The lowest BCUT2D eigenvalue weighted by Gasteiger charge is -2.00. The van der Waals surface area contributed by atoms with E-state index in [0.29, 0.717) is 5.56 Å². The Morgan fingerprint density at radius 1 is 0.800 bits per heavy atom. The molecule has 25 heavy (non-hydrogen) atoms. The molecule has 2 aromatic rings. The molecule has 0 unspecified atom stereocenters. The van der Waals surface area contributed by atoms with Crippen molar-refractivity contribution < 1.29 is 30.0 Å². The molecule has 0 saturated heterocycles. The van der Waals surface area contributed by atoms with E-state index in [1.54, 1.807) is 0 Å². The third kappa shape index (κ3) is 4.97. The number of carbonyl (C=O) groups is 2. The highest BCUT2D eigenvalue weighted by atomic mass is 16.3. The molecule has 0 aliphatic heterocycles. The third-order valence-electron chi connectivity index (χ3n) is 3.30. The molecule has 0 aliphatic rings. The van der Waals surface area contributed by atoms with E-state index in [1.807, 2.05) is 0 Å². The van der Waals surface area contributed by atoms with E-state index >= 15 is 0 Å². The minimum absolute atomic E-state index is 0.260. The average molecular weight is 340 g/mol. The number of aromatic hydroxyl groups is 4. The lowest BCUT2D eigenvalue weighted by molar-refractivity contribution is -0.121. The molecule has 0 saturated carbocycles. The Bertz CT molecular complexity index is 864. The quantitative estimate of drug-likeness (QED) is 0.365. The third-order valence-corrected chi connectivity index (χ3v) is 3.30. The van der Waals surface area contributed by atoms with Crippen LogP contribution in [0.2, 0.25) is 0 Å². The van der Waals surface area contributed by atoms with Crippen LogP contribution in [-0.4, -0.2) is 32.0 Å². The number of hydrogen-bond acceptors (Lipinski definition) is 6. The van der Waals surface area contributed by atoms with Crippen molar-refractivity contribution in [2.24, 2.45) is 0 Å². The van der Waals surface area contributed by atoms with Crippen LogP contribution in [0.15, 0.2) is 48.6 Å². The van der Waals surface area contributed by atoms with Crippen LogP contribution in [-0.2, 0) is 9.59 Å². The number of benzene rings is 2. The fourth-order valence-corrected chi connectivity index (χ4v) is 1.99. The van der Waals surface area contributed by atoms with Crippen molar-refractivity contribution >= 4 is 23.7 Å². The van der Waals surface area contributed by atoms with Crippen LogP contribution >= 0.6 is 0 Å². The zero-order chi connectivity index (χ0) is 18.4. The van der Waals surface area contributed by atoms with Crippen molar-refractivity contribution in [2.75, 3.05) is 0 Å². The molecule has 0 bridgehead atoms. The van der Waals surface area contributed by atoms with Crippen LogP contribution in [0.25, 0.3) is 12.2 Å². The highest BCUT2D eigenvalue weighted by Crippen LogP contribution is 2.29. The standard InChI is InChI=1S/C19H16O6/c20-14(7-4-12-5-9-16(22)18(24)10-12)11-15(21)8-6-13-2-1-3-17(23)19(13)25/h1-10,22-25H,11H2/b7-4+,8-6+. The molecule has 6 heteroatoms. The smallest absolute Gasteiger partial charge is 0.164 e. The molecule has 0 spiro atoms. The minimum Gasteiger partial charge on any atom is -0.504 e. The molecular formula is C19H16O6. The lowest BCUT2D eigenvalue weighted by atomic mass is 10.1. The predicted octanol–water partition coefficient (Wildman–Crippen LogP) is 2.76. The number of ketones is 2. The number of hydrogen-bond donors (Lipinski definition) is 4. The molecule has 6 nitrogen and oxygen atoms in total. The van der Waals surface area contributed by atoms with Gasteiger partial charge in [0.25, 0.3) is 0 Å². The number of carbonyl (C=O) groups excluding carboxylic acids is 2. The van der Waals surface area contributed by atoms with Gasteiger partial charge in [0.15, 0.2) is 34.6 Å². The van der Waals surface area contributed by atoms with Gasteiger partial charge in [0.2, 0.25) is 0 Å². The maximum Gasteiger partial charge on any atom is 0.164 e. The van der Waals surface area contributed by atoms with Gasteiger partial charge in [-0.1, -0.05) is 24.3 Å². The number of phenols is 4. The van der Waals surface area contributed by atoms with E-state index in [4.69, 9.17) is 0 Å². The van der Waals surface area contributed by atoms with Gasteiger partial charge in [0.1, 0.15) is 0 Å². The van der Waals surface area contributed by atoms with Gasteiger partial charge in [-0.05, 0) is 42.0 Å². The highest BCUT2D eigenvalue weighted by molar-refractivity contribution is 6.11. The number of allylic oxidation sites excluding steroid dienone is 2. The molecule has 0 radical (unpaired) electrons. The van der Waals surface area contributed by atoms with Crippen molar-refractivity contribution in [3.8, 4) is 23.0 Å².